The number of nitrogens with zero attached hydrogens (tertiary/aromatic N) is 1. The Hall–Kier alpha value is -3.06. The number of methoxy groups -OCH3 is 1. The molecule has 1 saturated heterocycles. The Labute approximate surface area is 199 Å². The average Bonchev–Trinajstić information content (AvgIpc) is 2.84. The van der Waals surface area contributed by atoms with Gasteiger partial charge in [-0.05, 0) is 48.0 Å². The van der Waals surface area contributed by atoms with Crippen molar-refractivity contribution in [1.82, 2.24) is 4.90 Å². The number of carbonyl (C=O) groups excluding carboxylic acids is 1. The zero-order chi connectivity index (χ0) is 23.0. The molecule has 1 N–H and O–H groups in total. The van der Waals surface area contributed by atoms with Crippen LogP contribution in [-0.2, 0) is 17.9 Å². The van der Waals surface area contributed by atoms with E-state index in [2.05, 4.69) is 16.3 Å². The molecule has 4 rings (SSSR count). The molecule has 1 aliphatic rings. The summed E-state index contributed by atoms with van der Waals surface area (Å²) in [6.07, 6.45) is 0. The van der Waals surface area contributed by atoms with Crippen molar-refractivity contribution in [1.29, 1.82) is 0 Å². The molecule has 1 heterocycles. The second-order valence-corrected chi connectivity index (χ2v) is 8.20. The van der Waals surface area contributed by atoms with Gasteiger partial charge < -0.3 is 19.5 Å². The van der Waals surface area contributed by atoms with E-state index in [0.29, 0.717) is 22.1 Å². The Balaban J connectivity index is 1.44. The van der Waals surface area contributed by atoms with Crippen LogP contribution in [0.4, 0.5) is 5.69 Å². The number of benzene rings is 3. The number of anilines is 1. The fourth-order valence-electron chi connectivity index (χ4n) is 3.72. The number of nitrogens with one attached hydrogen (secondary N) is 1. The summed E-state index contributed by atoms with van der Waals surface area (Å²) in [7, 11) is 1.59. The van der Waals surface area contributed by atoms with Gasteiger partial charge >= 0.3 is 0 Å². The molecule has 0 radical (unpaired) electrons. The molecule has 0 spiro atoms. The molecular weight excluding hydrogens is 440 g/mol. The van der Waals surface area contributed by atoms with Gasteiger partial charge in [-0.1, -0.05) is 35.9 Å². The Morgan fingerprint density at radius 2 is 1.85 bits per heavy atom. The Morgan fingerprint density at radius 1 is 1.03 bits per heavy atom. The first-order valence-corrected chi connectivity index (χ1v) is 11.2. The molecule has 3 aromatic rings. The number of hydrogen-bond donors (Lipinski definition) is 1. The van der Waals surface area contributed by atoms with Crippen LogP contribution >= 0.6 is 11.6 Å². The quantitative estimate of drug-likeness (QED) is 0.505. The first-order valence-electron chi connectivity index (χ1n) is 10.9. The molecule has 0 atom stereocenters. The number of ether oxygens (including phenoxy) is 3. The predicted molar refractivity (Wildman–Crippen MR) is 129 cm³/mol. The third-order valence-electron chi connectivity index (χ3n) is 5.46. The monoisotopic (exact) mass is 466 g/mol. The van der Waals surface area contributed by atoms with Crippen LogP contribution in [0, 0.1) is 0 Å². The maximum absolute atomic E-state index is 13.0. The van der Waals surface area contributed by atoms with Gasteiger partial charge in [0.05, 0.1) is 25.3 Å². The van der Waals surface area contributed by atoms with E-state index in [1.54, 1.807) is 37.4 Å². The van der Waals surface area contributed by atoms with Gasteiger partial charge in [-0.25, -0.2) is 0 Å². The van der Waals surface area contributed by atoms with Crippen LogP contribution in [0.3, 0.4) is 0 Å². The summed E-state index contributed by atoms with van der Waals surface area (Å²) in [6, 6.07) is 20.5. The number of hydrogen-bond acceptors (Lipinski definition) is 5. The topological polar surface area (TPSA) is 60.0 Å². The van der Waals surface area contributed by atoms with Gasteiger partial charge in [0.2, 0.25) is 0 Å². The Kier molecular flexibility index (Phi) is 7.83. The highest BCUT2D eigenvalue weighted by atomic mass is 35.5. The zero-order valence-electron chi connectivity index (χ0n) is 18.6. The van der Waals surface area contributed by atoms with Crippen LogP contribution in [0.25, 0.3) is 0 Å². The third kappa shape index (κ3) is 6.26. The summed E-state index contributed by atoms with van der Waals surface area (Å²) in [6.45, 7) is 4.41. The first kappa shape index (κ1) is 23.1. The van der Waals surface area contributed by atoms with Gasteiger partial charge in [-0.3, -0.25) is 9.69 Å². The molecule has 6 nitrogen and oxygen atoms in total. The molecule has 1 amide bonds. The van der Waals surface area contributed by atoms with Crippen molar-refractivity contribution >= 4 is 23.2 Å². The highest BCUT2D eigenvalue weighted by Crippen LogP contribution is 2.27. The first-order chi connectivity index (χ1) is 16.1. The molecule has 0 unspecified atom stereocenters. The molecule has 1 aliphatic heterocycles. The maximum Gasteiger partial charge on any atom is 0.255 e. The highest BCUT2D eigenvalue weighted by molar-refractivity contribution is 6.32. The summed E-state index contributed by atoms with van der Waals surface area (Å²) in [5.41, 5.74) is 3.19. The number of carbonyl (C=O) groups is 1. The van der Waals surface area contributed by atoms with Crippen molar-refractivity contribution in [2.45, 2.75) is 13.2 Å². The molecule has 172 valence electrons. The summed E-state index contributed by atoms with van der Waals surface area (Å²) >= 11 is 6.18. The molecule has 0 saturated carbocycles. The van der Waals surface area contributed by atoms with E-state index in [-0.39, 0.29) is 12.5 Å². The molecule has 1 fully saturated rings. The summed E-state index contributed by atoms with van der Waals surface area (Å²) in [4.78, 5) is 15.3. The Bertz CT molecular complexity index is 1100. The van der Waals surface area contributed by atoms with Crippen molar-refractivity contribution in [3.05, 3.63) is 88.4 Å². The molecule has 3 aromatic carbocycles. The fourth-order valence-corrected chi connectivity index (χ4v) is 3.91. The number of rotatable bonds is 8. The molecule has 0 bridgehead atoms. The van der Waals surface area contributed by atoms with E-state index >= 15 is 0 Å². The summed E-state index contributed by atoms with van der Waals surface area (Å²) < 4.78 is 16.7. The number of para-hydroxylation sites is 1. The van der Waals surface area contributed by atoms with E-state index in [0.717, 1.165) is 49.7 Å². The van der Waals surface area contributed by atoms with E-state index in [1.165, 1.54) is 0 Å². The molecule has 7 heteroatoms. The van der Waals surface area contributed by atoms with E-state index < -0.39 is 0 Å². The third-order valence-corrected chi connectivity index (χ3v) is 5.77. The molecule has 33 heavy (non-hydrogen) atoms. The average molecular weight is 467 g/mol. The van der Waals surface area contributed by atoms with Crippen molar-refractivity contribution in [3.63, 3.8) is 0 Å². The van der Waals surface area contributed by atoms with Crippen LogP contribution in [0.1, 0.15) is 21.5 Å². The minimum atomic E-state index is -0.194. The summed E-state index contributed by atoms with van der Waals surface area (Å²) in [5.74, 6) is 1.03. The van der Waals surface area contributed by atoms with Crippen molar-refractivity contribution in [2.75, 3.05) is 38.7 Å². The highest BCUT2D eigenvalue weighted by Gasteiger charge is 2.14. The minimum Gasteiger partial charge on any atom is -0.496 e. The van der Waals surface area contributed by atoms with Crippen molar-refractivity contribution in [2.24, 2.45) is 0 Å². The van der Waals surface area contributed by atoms with Gasteiger partial charge in [0, 0.05) is 36.4 Å². The van der Waals surface area contributed by atoms with Gasteiger partial charge in [-0.15, -0.1) is 0 Å². The van der Waals surface area contributed by atoms with Gasteiger partial charge in [0.1, 0.15) is 18.1 Å². The lowest BCUT2D eigenvalue weighted by Crippen LogP contribution is -2.35. The lowest BCUT2D eigenvalue weighted by Gasteiger charge is -2.26. The largest absolute Gasteiger partial charge is 0.496 e. The zero-order valence-corrected chi connectivity index (χ0v) is 19.3. The maximum atomic E-state index is 13.0. The molecule has 0 aliphatic carbocycles. The van der Waals surface area contributed by atoms with Crippen molar-refractivity contribution < 1.29 is 19.0 Å². The lowest BCUT2D eigenvalue weighted by molar-refractivity contribution is 0.0342. The van der Waals surface area contributed by atoms with Crippen LogP contribution < -0.4 is 14.8 Å². The van der Waals surface area contributed by atoms with Gasteiger partial charge in [-0.2, -0.15) is 0 Å². The minimum absolute atomic E-state index is 0.194. The second-order valence-electron chi connectivity index (χ2n) is 7.79. The number of halogens is 1. The standard InChI is InChI=1S/C26H27ClN2O4/c1-31-24-10-9-20(16-21(24)18-33-25-8-3-2-7-23(25)27)26(30)28-22-6-4-5-19(15-22)17-29-11-13-32-14-12-29/h2-10,15-16H,11-14,17-18H2,1H3,(H,28,30). The van der Waals surface area contributed by atoms with E-state index in [9.17, 15) is 4.79 Å². The van der Waals surface area contributed by atoms with E-state index in [1.807, 2.05) is 30.3 Å². The van der Waals surface area contributed by atoms with Crippen molar-refractivity contribution in [3.8, 4) is 11.5 Å². The van der Waals surface area contributed by atoms with Crippen LogP contribution in [0.5, 0.6) is 11.5 Å². The van der Waals surface area contributed by atoms with Crippen LogP contribution in [0.15, 0.2) is 66.7 Å². The predicted octanol–water partition coefficient (Wildman–Crippen LogP) is 5.01. The van der Waals surface area contributed by atoms with Crippen LogP contribution in [0.2, 0.25) is 5.02 Å². The lowest BCUT2D eigenvalue weighted by atomic mass is 10.1. The Morgan fingerprint density at radius 3 is 2.64 bits per heavy atom. The normalized spacial score (nSPS) is 14.0. The van der Waals surface area contributed by atoms with Gasteiger partial charge in [0.15, 0.2) is 0 Å². The van der Waals surface area contributed by atoms with E-state index in [4.69, 9.17) is 25.8 Å². The SMILES string of the molecule is COc1ccc(C(=O)Nc2cccc(CN3CCOCC3)c2)cc1COc1ccccc1Cl. The number of morpholine rings is 1. The number of amides is 1. The second kappa shape index (κ2) is 11.2. The van der Waals surface area contributed by atoms with Gasteiger partial charge in [0.25, 0.3) is 5.91 Å². The molecule has 0 aromatic heterocycles. The summed E-state index contributed by atoms with van der Waals surface area (Å²) in [5, 5.41) is 3.53. The smallest absolute Gasteiger partial charge is 0.255 e. The fraction of sp³-hybridized carbons (Fsp3) is 0.269. The molecular formula is C26H27ClN2O4. The van der Waals surface area contributed by atoms with Crippen LogP contribution in [-0.4, -0.2) is 44.2 Å².